The molecule has 1 unspecified atom stereocenters. The highest BCUT2D eigenvalue weighted by molar-refractivity contribution is 6.39. The third-order valence-electron chi connectivity index (χ3n) is 3.35. The standard InChI is InChI=1S/C16H11Cl2FN2O2/c17-11-2-1-3-12(18)15(11)20-16(22)14-8-13(21-23-14)9-4-6-10(19)7-5-9/h1-7,14H,8H2,(H,20,22). The highest BCUT2D eigenvalue weighted by Gasteiger charge is 2.29. The van der Waals surface area contributed by atoms with E-state index in [0.717, 1.165) is 0 Å². The molecule has 0 spiro atoms. The van der Waals surface area contributed by atoms with Gasteiger partial charge in [-0.05, 0) is 29.8 Å². The van der Waals surface area contributed by atoms with Crippen molar-refractivity contribution in [2.45, 2.75) is 12.5 Å². The summed E-state index contributed by atoms with van der Waals surface area (Å²) in [6.07, 6.45) is -0.512. The third-order valence-corrected chi connectivity index (χ3v) is 3.98. The van der Waals surface area contributed by atoms with Crippen molar-refractivity contribution in [1.82, 2.24) is 0 Å². The van der Waals surface area contributed by atoms with E-state index in [1.807, 2.05) is 0 Å². The lowest BCUT2D eigenvalue weighted by molar-refractivity contribution is -0.125. The fourth-order valence-corrected chi connectivity index (χ4v) is 2.64. The van der Waals surface area contributed by atoms with E-state index < -0.39 is 12.0 Å². The molecule has 1 heterocycles. The molecule has 0 aromatic heterocycles. The van der Waals surface area contributed by atoms with Crippen molar-refractivity contribution in [3.05, 3.63) is 63.9 Å². The number of hydrogen-bond acceptors (Lipinski definition) is 3. The Morgan fingerprint density at radius 3 is 2.48 bits per heavy atom. The smallest absolute Gasteiger partial charge is 0.268 e. The lowest BCUT2D eigenvalue weighted by atomic mass is 10.0. The fraction of sp³-hybridized carbons (Fsp3) is 0.125. The van der Waals surface area contributed by atoms with Crippen LogP contribution in [-0.4, -0.2) is 17.7 Å². The van der Waals surface area contributed by atoms with Crippen LogP contribution in [0.4, 0.5) is 10.1 Å². The van der Waals surface area contributed by atoms with E-state index >= 15 is 0 Å². The van der Waals surface area contributed by atoms with E-state index in [1.54, 1.807) is 30.3 Å². The van der Waals surface area contributed by atoms with Crippen LogP contribution in [-0.2, 0) is 9.63 Å². The number of oxime groups is 1. The zero-order valence-electron chi connectivity index (χ0n) is 11.7. The number of para-hydroxylation sites is 1. The van der Waals surface area contributed by atoms with E-state index in [4.69, 9.17) is 28.0 Å². The molecule has 0 bridgehead atoms. The van der Waals surface area contributed by atoms with Gasteiger partial charge in [-0.15, -0.1) is 0 Å². The number of carbonyl (C=O) groups excluding carboxylic acids is 1. The van der Waals surface area contributed by atoms with Crippen molar-refractivity contribution in [3.8, 4) is 0 Å². The molecular weight excluding hydrogens is 342 g/mol. The first-order valence-corrected chi connectivity index (χ1v) is 7.53. The number of carbonyl (C=O) groups is 1. The van der Waals surface area contributed by atoms with Gasteiger partial charge in [0.1, 0.15) is 5.82 Å². The van der Waals surface area contributed by atoms with Crippen LogP contribution >= 0.6 is 23.2 Å². The van der Waals surface area contributed by atoms with Crippen LogP contribution in [0.5, 0.6) is 0 Å². The Balaban J connectivity index is 1.68. The largest absolute Gasteiger partial charge is 0.382 e. The number of rotatable bonds is 3. The van der Waals surface area contributed by atoms with Gasteiger partial charge in [-0.25, -0.2) is 4.39 Å². The second-order valence-corrected chi connectivity index (χ2v) is 5.74. The quantitative estimate of drug-likeness (QED) is 0.896. The van der Waals surface area contributed by atoms with Crippen LogP contribution in [0.2, 0.25) is 10.0 Å². The summed E-state index contributed by atoms with van der Waals surface area (Å²) in [7, 11) is 0. The molecule has 2 aromatic rings. The van der Waals surface area contributed by atoms with Crippen molar-refractivity contribution >= 4 is 40.5 Å². The summed E-state index contributed by atoms with van der Waals surface area (Å²) in [4.78, 5) is 17.4. The van der Waals surface area contributed by atoms with Gasteiger partial charge in [-0.1, -0.05) is 46.6 Å². The Kier molecular flexibility index (Phi) is 4.50. The number of amides is 1. The Morgan fingerprint density at radius 2 is 1.83 bits per heavy atom. The van der Waals surface area contributed by atoms with Crippen LogP contribution in [0.1, 0.15) is 12.0 Å². The van der Waals surface area contributed by atoms with Gasteiger partial charge in [0.25, 0.3) is 5.91 Å². The highest BCUT2D eigenvalue weighted by atomic mass is 35.5. The Bertz CT molecular complexity index is 758. The van der Waals surface area contributed by atoms with Gasteiger partial charge >= 0.3 is 0 Å². The molecule has 23 heavy (non-hydrogen) atoms. The van der Waals surface area contributed by atoms with E-state index in [-0.39, 0.29) is 12.2 Å². The van der Waals surface area contributed by atoms with E-state index in [9.17, 15) is 9.18 Å². The van der Waals surface area contributed by atoms with Crippen molar-refractivity contribution in [2.75, 3.05) is 5.32 Å². The molecule has 1 amide bonds. The molecule has 7 heteroatoms. The lowest BCUT2D eigenvalue weighted by Crippen LogP contribution is -2.28. The number of nitrogens with zero attached hydrogens (tertiary/aromatic N) is 1. The zero-order chi connectivity index (χ0) is 16.4. The molecule has 0 radical (unpaired) electrons. The van der Waals surface area contributed by atoms with Gasteiger partial charge in [0.05, 0.1) is 21.4 Å². The molecule has 0 aliphatic carbocycles. The van der Waals surface area contributed by atoms with E-state index in [0.29, 0.717) is 27.0 Å². The van der Waals surface area contributed by atoms with Crippen molar-refractivity contribution in [2.24, 2.45) is 5.16 Å². The predicted octanol–water partition coefficient (Wildman–Crippen LogP) is 4.26. The molecule has 3 rings (SSSR count). The van der Waals surface area contributed by atoms with Crippen molar-refractivity contribution in [3.63, 3.8) is 0 Å². The molecule has 1 aliphatic heterocycles. The van der Waals surface area contributed by atoms with Crippen LogP contribution in [0, 0.1) is 5.82 Å². The van der Waals surface area contributed by atoms with E-state index in [2.05, 4.69) is 10.5 Å². The maximum atomic E-state index is 12.9. The Labute approximate surface area is 141 Å². The van der Waals surface area contributed by atoms with Gasteiger partial charge in [0.2, 0.25) is 6.10 Å². The second kappa shape index (κ2) is 6.56. The zero-order valence-corrected chi connectivity index (χ0v) is 13.2. The number of halogens is 3. The van der Waals surface area contributed by atoms with Crippen molar-refractivity contribution in [1.29, 1.82) is 0 Å². The van der Waals surface area contributed by atoms with Crippen LogP contribution in [0.25, 0.3) is 0 Å². The first-order chi connectivity index (χ1) is 11.0. The number of benzene rings is 2. The molecular formula is C16H11Cl2FN2O2. The molecule has 0 saturated carbocycles. The van der Waals surface area contributed by atoms with Crippen LogP contribution < -0.4 is 5.32 Å². The predicted molar refractivity (Wildman–Crippen MR) is 87.5 cm³/mol. The van der Waals surface area contributed by atoms with Gasteiger partial charge < -0.3 is 10.2 Å². The minimum atomic E-state index is -0.789. The van der Waals surface area contributed by atoms with Crippen molar-refractivity contribution < 1.29 is 14.0 Å². The maximum absolute atomic E-state index is 12.9. The van der Waals surface area contributed by atoms with Gasteiger partial charge in [0, 0.05) is 6.42 Å². The monoisotopic (exact) mass is 352 g/mol. The first kappa shape index (κ1) is 15.8. The number of nitrogens with one attached hydrogen (secondary N) is 1. The fourth-order valence-electron chi connectivity index (χ4n) is 2.15. The van der Waals surface area contributed by atoms with E-state index in [1.165, 1.54) is 12.1 Å². The Hall–Kier alpha value is -2.11. The molecule has 2 aromatic carbocycles. The Morgan fingerprint density at radius 1 is 1.17 bits per heavy atom. The third kappa shape index (κ3) is 3.46. The van der Waals surface area contributed by atoms with Crippen LogP contribution in [0.15, 0.2) is 47.6 Å². The number of anilines is 1. The lowest BCUT2D eigenvalue weighted by Gasteiger charge is -2.12. The van der Waals surface area contributed by atoms with Gasteiger partial charge in [0.15, 0.2) is 0 Å². The SMILES string of the molecule is O=C(Nc1c(Cl)cccc1Cl)C1CC(c2ccc(F)cc2)=NO1. The molecule has 0 saturated heterocycles. The normalized spacial score (nSPS) is 16.7. The summed E-state index contributed by atoms with van der Waals surface area (Å²) in [5.74, 6) is -0.739. The average molecular weight is 353 g/mol. The highest BCUT2D eigenvalue weighted by Crippen LogP contribution is 2.30. The summed E-state index contributed by atoms with van der Waals surface area (Å²) in [6.45, 7) is 0. The first-order valence-electron chi connectivity index (χ1n) is 6.78. The van der Waals surface area contributed by atoms with Gasteiger partial charge in [-0.3, -0.25) is 4.79 Å². The minimum absolute atomic E-state index is 0.277. The van der Waals surface area contributed by atoms with Gasteiger partial charge in [-0.2, -0.15) is 0 Å². The minimum Gasteiger partial charge on any atom is -0.382 e. The average Bonchev–Trinajstić information content (AvgIpc) is 3.02. The summed E-state index contributed by atoms with van der Waals surface area (Å²) in [5, 5.41) is 7.21. The molecule has 4 nitrogen and oxygen atoms in total. The summed E-state index contributed by atoms with van der Waals surface area (Å²) >= 11 is 12.0. The molecule has 1 atom stereocenters. The summed E-state index contributed by atoms with van der Waals surface area (Å²) in [5.41, 5.74) is 1.62. The topological polar surface area (TPSA) is 50.7 Å². The maximum Gasteiger partial charge on any atom is 0.268 e. The summed E-state index contributed by atoms with van der Waals surface area (Å²) < 4.78 is 12.9. The molecule has 0 fully saturated rings. The number of hydrogen-bond donors (Lipinski definition) is 1. The molecule has 1 N–H and O–H groups in total. The molecule has 118 valence electrons. The summed E-state index contributed by atoms with van der Waals surface area (Å²) in [6, 6.07) is 10.8. The molecule has 1 aliphatic rings. The van der Waals surface area contributed by atoms with Crippen LogP contribution in [0.3, 0.4) is 0 Å². The second-order valence-electron chi connectivity index (χ2n) is 4.93.